The molecule has 4 heteroatoms. The van der Waals surface area contributed by atoms with Gasteiger partial charge in [0.25, 0.3) is 5.91 Å². The lowest BCUT2D eigenvalue weighted by atomic mass is 10.1. The third kappa shape index (κ3) is 3.34. The minimum atomic E-state index is -0.0364. The minimum Gasteiger partial charge on any atom is -0.395 e. The molecule has 1 N–H and O–H groups in total. The highest BCUT2D eigenvalue weighted by Crippen LogP contribution is 2.21. The van der Waals surface area contributed by atoms with Gasteiger partial charge in [0, 0.05) is 42.8 Å². The van der Waals surface area contributed by atoms with Crippen molar-refractivity contribution in [3.63, 3.8) is 0 Å². The van der Waals surface area contributed by atoms with Crippen LogP contribution in [0.1, 0.15) is 15.9 Å². The summed E-state index contributed by atoms with van der Waals surface area (Å²) in [4.78, 5) is 14.7. The topological polar surface area (TPSA) is 45.5 Å². The van der Waals surface area contributed by atoms with Crippen molar-refractivity contribution in [2.24, 2.45) is 7.05 Å². The molecule has 0 aliphatic rings. The van der Waals surface area contributed by atoms with Crippen molar-refractivity contribution in [3.8, 4) is 0 Å². The Morgan fingerprint density at radius 2 is 1.83 bits per heavy atom. The van der Waals surface area contributed by atoms with Crippen LogP contribution in [-0.2, 0) is 13.5 Å². The maximum Gasteiger partial charge on any atom is 0.254 e. The molecule has 1 amide bonds. The van der Waals surface area contributed by atoms with E-state index < -0.39 is 0 Å². The van der Waals surface area contributed by atoms with Crippen LogP contribution in [0.5, 0.6) is 0 Å². The van der Waals surface area contributed by atoms with E-state index in [1.807, 2.05) is 60.3 Å². The van der Waals surface area contributed by atoms with E-state index in [4.69, 9.17) is 0 Å². The first kappa shape index (κ1) is 16.3. The fraction of sp³-hybridized carbons (Fsp3) is 0.250. The van der Waals surface area contributed by atoms with E-state index in [1.165, 1.54) is 5.56 Å². The van der Waals surface area contributed by atoms with Gasteiger partial charge in [-0.25, -0.2) is 0 Å². The standard InChI is InChI=1S/C20H22N2O2/c1-21-12-11-17-18(8-5-9-19(17)21)20(24)22(14-15-23)13-10-16-6-3-2-4-7-16/h2-9,11-12,23H,10,13-15H2,1H3. The van der Waals surface area contributed by atoms with Crippen molar-refractivity contribution in [3.05, 3.63) is 71.9 Å². The molecule has 3 aromatic rings. The number of hydrogen-bond donors (Lipinski definition) is 1. The molecule has 0 bridgehead atoms. The summed E-state index contributed by atoms with van der Waals surface area (Å²) in [5.41, 5.74) is 2.91. The van der Waals surface area contributed by atoms with Crippen LogP contribution in [0.15, 0.2) is 60.8 Å². The average Bonchev–Trinajstić information content (AvgIpc) is 3.00. The second kappa shape index (κ2) is 7.32. The second-order valence-electron chi connectivity index (χ2n) is 5.92. The summed E-state index contributed by atoms with van der Waals surface area (Å²) in [7, 11) is 1.97. The Balaban J connectivity index is 1.83. The van der Waals surface area contributed by atoms with Crippen molar-refractivity contribution >= 4 is 16.8 Å². The number of aliphatic hydroxyl groups is 1. The van der Waals surface area contributed by atoms with E-state index in [0.717, 1.165) is 17.3 Å². The van der Waals surface area contributed by atoms with Gasteiger partial charge in [-0.05, 0) is 30.2 Å². The van der Waals surface area contributed by atoms with Gasteiger partial charge < -0.3 is 14.6 Å². The highest BCUT2D eigenvalue weighted by molar-refractivity contribution is 6.06. The largest absolute Gasteiger partial charge is 0.395 e. The molecule has 0 saturated heterocycles. The normalized spacial score (nSPS) is 10.9. The number of aromatic nitrogens is 1. The number of aliphatic hydroxyl groups excluding tert-OH is 1. The van der Waals surface area contributed by atoms with Gasteiger partial charge >= 0.3 is 0 Å². The van der Waals surface area contributed by atoms with Crippen LogP contribution in [-0.4, -0.2) is 40.2 Å². The van der Waals surface area contributed by atoms with E-state index in [0.29, 0.717) is 18.7 Å². The monoisotopic (exact) mass is 322 g/mol. The van der Waals surface area contributed by atoms with Gasteiger partial charge in [0.1, 0.15) is 0 Å². The van der Waals surface area contributed by atoms with Crippen LogP contribution in [0.25, 0.3) is 10.9 Å². The summed E-state index contributed by atoms with van der Waals surface area (Å²) in [6.07, 6.45) is 2.74. The molecule has 0 aliphatic carbocycles. The molecule has 124 valence electrons. The molecule has 24 heavy (non-hydrogen) atoms. The summed E-state index contributed by atoms with van der Waals surface area (Å²) in [6.45, 7) is 0.896. The van der Waals surface area contributed by atoms with Gasteiger partial charge in [0.15, 0.2) is 0 Å². The van der Waals surface area contributed by atoms with Gasteiger partial charge in [-0.3, -0.25) is 4.79 Å². The summed E-state index contributed by atoms with van der Waals surface area (Å²) in [5, 5.41) is 10.3. The number of aryl methyl sites for hydroxylation is 1. The predicted octanol–water partition coefficient (Wildman–Crippen LogP) is 2.86. The first-order chi connectivity index (χ1) is 11.7. The van der Waals surface area contributed by atoms with Crippen molar-refractivity contribution in [1.82, 2.24) is 9.47 Å². The van der Waals surface area contributed by atoms with E-state index in [2.05, 4.69) is 12.1 Å². The number of amides is 1. The molecule has 2 aromatic carbocycles. The third-order valence-electron chi connectivity index (χ3n) is 4.33. The zero-order valence-corrected chi connectivity index (χ0v) is 13.9. The van der Waals surface area contributed by atoms with Gasteiger partial charge in [-0.15, -0.1) is 0 Å². The number of benzene rings is 2. The van der Waals surface area contributed by atoms with E-state index in [9.17, 15) is 9.90 Å². The van der Waals surface area contributed by atoms with Crippen LogP contribution in [0.4, 0.5) is 0 Å². The Morgan fingerprint density at radius 1 is 1.04 bits per heavy atom. The number of carbonyl (C=O) groups is 1. The Morgan fingerprint density at radius 3 is 2.58 bits per heavy atom. The molecular formula is C20H22N2O2. The van der Waals surface area contributed by atoms with Crippen molar-refractivity contribution in [2.45, 2.75) is 6.42 Å². The molecule has 4 nitrogen and oxygen atoms in total. The number of fused-ring (bicyclic) bond motifs is 1. The lowest BCUT2D eigenvalue weighted by Gasteiger charge is -2.22. The molecule has 0 unspecified atom stereocenters. The van der Waals surface area contributed by atoms with Crippen LogP contribution in [0, 0.1) is 0 Å². The molecule has 3 rings (SSSR count). The smallest absolute Gasteiger partial charge is 0.254 e. The molecule has 0 radical (unpaired) electrons. The quantitative estimate of drug-likeness (QED) is 0.758. The molecule has 0 aliphatic heterocycles. The Bertz CT molecular complexity index is 824. The SMILES string of the molecule is Cn1ccc2c(C(=O)N(CCO)CCc3ccccc3)cccc21. The molecule has 1 aromatic heterocycles. The lowest BCUT2D eigenvalue weighted by Crippen LogP contribution is -2.35. The van der Waals surface area contributed by atoms with Gasteiger partial charge in [-0.1, -0.05) is 36.4 Å². The fourth-order valence-electron chi connectivity index (χ4n) is 3.00. The molecule has 0 atom stereocenters. The van der Waals surface area contributed by atoms with E-state index in [-0.39, 0.29) is 12.5 Å². The van der Waals surface area contributed by atoms with Gasteiger partial charge in [-0.2, -0.15) is 0 Å². The van der Waals surface area contributed by atoms with E-state index in [1.54, 1.807) is 4.90 Å². The highest BCUT2D eigenvalue weighted by Gasteiger charge is 2.18. The average molecular weight is 322 g/mol. The second-order valence-corrected chi connectivity index (χ2v) is 5.92. The summed E-state index contributed by atoms with van der Waals surface area (Å²) < 4.78 is 2.01. The summed E-state index contributed by atoms with van der Waals surface area (Å²) in [6, 6.07) is 17.8. The van der Waals surface area contributed by atoms with E-state index >= 15 is 0 Å². The molecule has 1 heterocycles. The maximum atomic E-state index is 13.0. The van der Waals surface area contributed by atoms with Crippen molar-refractivity contribution in [2.75, 3.05) is 19.7 Å². The van der Waals surface area contributed by atoms with Crippen molar-refractivity contribution in [1.29, 1.82) is 0 Å². The minimum absolute atomic E-state index is 0.0308. The third-order valence-corrected chi connectivity index (χ3v) is 4.33. The zero-order chi connectivity index (χ0) is 16.9. The molecule has 0 saturated carbocycles. The Kier molecular flexibility index (Phi) is 4.96. The Hall–Kier alpha value is -2.59. The number of rotatable bonds is 6. The first-order valence-electron chi connectivity index (χ1n) is 8.19. The summed E-state index contributed by atoms with van der Waals surface area (Å²) in [5.74, 6) is -0.0308. The summed E-state index contributed by atoms with van der Waals surface area (Å²) >= 11 is 0. The lowest BCUT2D eigenvalue weighted by molar-refractivity contribution is 0.0726. The van der Waals surface area contributed by atoms with Gasteiger partial charge in [0.05, 0.1) is 6.61 Å². The zero-order valence-electron chi connectivity index (χ0n) is 13.9. The molecule has 0 fully saturated rings. The number of nitrogens with zero attached hydrogens (tertiary/aromatic N) is 2. The van der Waals surface area contributed by atoms with Crippen LogP contribution < -0.4 is 0 Å². The number of hydrogen-bond acceptors (Lipinski definition) is 2. The van der Waals surface area contributed by atoms with Gasteiger partial charge in [0.2, 0.25) is 0 Å². The number of carbonyl (C=O) groups excluding carboxylic acids is 1. The Labute approximate surface area is 141 Å². The van der Waals surface area contributed by atoms with Crippen LogP contribution in [0.3, 0.4) is 0 Å². The highest BCUT2D eigenvalue weighted by atomic mass is 16.3. The molecule has 0 spiro atoms. The predicted molar refractivity (Wildman–Crippen MR) is 96.1 cm³/mol. The molecular weight excluding hydrogens is 300 g/mol. The van der Waals surface area contributed by atoms with Crippen LogP contribution >= 0.6 is 0 Å². The maximum absolute atomic E-state index is 13.0. The first-order valence-corrected chi connectivity index (χ1v) is 8.19. The fourth-order valence-corrected chi connectivity index (χ4v) is 3.00. The van der Waals surface area contributed by atoms with Crippen molar-refractivity contribution < 1.29 is 9.90 Å². The van der Waals surface area contributed by atoms with Crippen LogP contribution in [0.2, 0.25) is 0 Å².